The monoisotopic (exact) mass is 1990 g/mol. The van der Waals surface area contributed by atoms with Gasteiger partial charge >= 0.3 is 0 Å². The molecule has 2 N–H and O–H groups in total. The number of phenolic OH excluding ortho intramolecular Hbond substituents is 1. The van der Waals surface area contributed by atoms with Crippen LogP contribution in [0.2, 0.25) is 0 Å². The molecule has 0 atom stereocenters. The molecule has 734 valence electrons. The molecule has 0 bridgehead atoms. The van der Waals surface area contributed by atoms with E-state index in [1.807, 2.05) is 77.9 Å². The lowest BCUT2D eigenvalue weighted by Crippen LogP contribution is -2.18. The standard InChI is InChI=1S/C45H43N3O.C44H41N3O.C23H16BrN.C22H28N2O/c1-44(2,3)35-28-38(43(49-7)39(29-35)45(4,5)6)42-37-20-14-15-21-41(37)48(47-42)36-25-33(31-18-12-9-13-19-31)24-34(26-36)40-27-32(22-23-46-40)30-16-10-8-11-17-30;1-43(2,3)34-27-37(42(48)38(28-34)44(4,5)6)41-36-19-13-14-20-40(36)47(46-41)35-24-32(30-17-11-8-12-18-30)23-33(25-35)39-26-31(21-22-45-39)29-15-9-7-10-16-29;24-22-14-20(18-9-5-2-6-10-18)13-21(15-22)23-16-19(11-12-25-23)17-7-3-1-4-8-17;1-21(2,3)14-12-16(20(25-7)17(13-14)22(4,5)6)19-15-10-8-9-11-18(15)23-24-19/h8-29H,1-7H3;7-28,48H,1-6H3;1-16H;8-13H,1-7H3,(H,23,24). The minimum absolute atomic E-state index is 0.0204. The van der Waals surface area contributed by atoms with Crippen molar-refractivity contribution in [3.05, 3.63) is 439 Å². The van der Waals surface area contributed by atoms with Crippen LogP contribution in [0, 0.1) is 0 Å². The summed E-state index contributed by atoms with van der Waals surface area (Å²) in [5.74, 6) is 2.07. The third-order valence-electron chi connectivity index (χ3n) is 27.2. The Balaban J connectivity index is 0.000000134. The van der Waals surface area contributed by atoms with Crippen LogP contribution in [-0.4, -0.2) is 64.0 Å². The van der Waals surface area contributed by atoms with E-state index < -0.39 is 0 Å². The summed E-state index contributed by atoms with van der Waals surface area (Å²) in [5, 5.41) is 33.5. The fourth-order valence-corrected chi connectivity index (χ4v) is 19.5. The lowest BCUT2D eigenvalue weighted by molar-refractivity contribution is 0.398. The molecule has 0 radical (unpaired) electrons. The Morgan fingerprint density at radius 2 is 0.544 bits per heavy atom. The summed E-state index contributed by atoms with van der Waals surface area (Å²) < 4.78 is 17.3. The average Bonchev–Trinajstić information content (AvgIpc) is 1.57. The second-order valence-electron chi connectivity index (χ2n) is 44.1. The van der Waals surface area contributed by atoms with Gasteiger partial charge in [-0.1, -0.05) is 395 Å². The predicted molar refractivity (Wildman–Crippen MR) is 618 cm³/mol. The smallest absolute Gasteiger partial charge is 0.132 e. The molecule has 0 aliphatic heterocycles. The lowest BCUT2D eigenvalue weighted by Gasteiger charge is -2.28. The summed E-state index contributed by atoms with van der Waals surface area (Å²) in [6, 6.07) is 133. The van der Waals surface area contributed by atoms with Crippen molar-refractivity contribution in [1.29, 1.82) is 0 Å². The van der Waals surface area contributed by atoms with Crippen molar-refractivity contribution >= 4 is 48.6 Å². The second kappa shape index (κ2) is 42.0. The highest BCUT2D eigenvalue weighted by atomic mass is 79.9. The Bertz CT molecular complexity index is 8290. The maximum Gasteiger partial charge on any atom is 0.132 e. The van der Waals surface area contributed by atoms with Crippen molar-refractivity contribution in [1.82, 2.24) is 44.7 Å². The summed E-state index contributed by atoms with van der Waals surface area (Å²) in [4.78, 5) is 14.3. The number of pyridine rings is 3. The van der Waals surface area contributed by atoms with Crippen molar-refractivity contribution in [2.75, 3.05) is 14.2 Å². The number of rotatable bonds is 16. The molecule has 21 aromatic rings. The SMILES string of the molecule is Brc1cc(-c2ccccc2)cc(-c2cc(-c3ccccc3)ccn2)c1.CC(C)(C)c1cc(-c2nn(-c3cc(-c4ccccc4)cc(-c4cc(-c5ccccc5)ccn4)c3)c3ccccc23)c(O)c(C(C)(C)C)c1.COc1c(-c2n[nH]c3ccccc23)cc(C(C)(C)C)cc1C(C)(C)C.COc1c(-c2nn(-c3cc(-c4ccccc4)cc(-c4cc(-c5ccccc5)ccn4)c3)c3ccccc23)cc(C(C)(C)C)cc1C(C)(C)C. The first-order valence-electron chi connectivity index (χ1n) is 50.5. The Hall–Kier alpha value is -16.0. The van der Waals surface area contributed by atoms with E-state index >= 15 is 0 Å². The number of hydrogen-bond donors (Lipinski definition) is 2. The molecular weight excluding hydrogens is 1860 g/mol. The van der Waals surface area contributed by atoms with Gasteiger partial charge in [-0.15, -0.1) is 0 Å². The molecule has 6 heterocycles. The maximum atomic E-state index is 11.9. The summed E-state index contributed by atoms with van der Waals surface area (Å²) >= 11 is 3.64. The average molecular weight is 1990 g/mol. The number of ether oxygens (including phenoxy) is 2. The number of nitrogens with one attached hydrogen (secondary N) is 1. The van der Waals surface area contributed by atoms with Gasteiger partial charge in [0, 0.05) is 89.3 Å². The topological polar surface area (TPSA) is 142 Å². The van der Waals surface area contributed by atoms with Gasteiger partial charge in [0.2, 0.25) is 0 Å². The van der Waals surface area contributed by atoms with Gasteiger partial charge in [0.05, 0.1) is 59.2 Å². The summed E-state index contributed by atoms with van der Waals surface area (Å²) in [7, 11) is 3.52. The quantitative estimate of drug-likeness (QED) is 0.0967. The number of fused-ring (bicyclic) bond motifs is 3. The van der Waals surface area contributed by atoms with Crippen molar-refractivity contribution in [3.8, 4) is 163 Å². The number of nitrogens with zero attached hydrogens (tertiary/aromatic N) is 8. The van der Waals surface area contributed by atoms with Crippen molar-refractivity contribution in [3.63, 3.8) is 0 Å². The number of aromatic nitrogens is 9. The largest absolute Gasteiger partial charge is 0.507 e. The lowest BCUT2D eigenvalue weighted by atomic mass is 9.78. The van der Waals surface area contributed by atoms with Crippen molar-refractivity contribution < 1.29 is 14.6 Å². The molecule has 15 aromatic carbocycles. The van der Waals surface area contributed by atoms with E-state index in [9.17, 15) is 5.11 Å². The van der Waals surface area contributed by atoms with Crippen LogP contribution in [0.25, 0.3) is 178 Å². The Morgan fingerprint density at radius 3 is 0.898 bits per heavy atom. The minimum Gasteiger partial charge on any atom is -0.507 e. The van der Waals surface area contributed by atoms with Crippen LogP contribution < -0.4 is 9.47 Å². The number of halogens is 1. The molecule has 0 unspecified atom stereocenters. The molecular formula is C134H128BrN9O3. The molecule has 6 aromatic heterocycles. The highest BCUT2D eigenvalue weighted by molar-refractivity contribution is 9.10. The molecule has 0 aliphatic carbocycles. The molecule has 13 heteroatoms. The van der Waals surface area contributed by atoms with Gasteiger partial charge in [0.15, 0.2) is 0 Å². The van der Waals surface area contributed by atoms with E-state index in [1.54, 1.807) is 14.2 Å². The van der Waals surface area contributed by atoms with Crippen molar-refractivity contribution in [2.45, 2.75) is 157 Å². The van der Waals surface area contributed by atoms with Gasteiger partial charge in [-0.25, -0.2) is 9.36 Å². The van der Waals surface area contributed by atoms with Crippen LogP contribution in [0.5, 0.6) is 17.2 Å². The zero-order chi connectivity index (χ0) is 103. The summed E-state index contributed by atoms with van der Waals surface area (Å²) in [5.41, 5.74) is 36.5. The highest BCUT2D eigenvalue weighted by Gasteiger charge is 2.33. The van der Waals surface area contributed by atoms with Crippen molar-refractivity contribution in [2.24, 2.45) is 0 Å². The summed E-state index contributed by atoms with van der Waals surface area (Å²) in [6.45, 7) is 40.0. The van der Waals surface area contributed by atoms with Gasteiger partial charge in [-0.05, 0) is 243 Å². The first kappa shape index (κ1) is 101. The fraction of sp³-hybridized carbons (Fsp3) is 0.194. The molecule has 0 aliphatic rings. The first-order chi connectivity index (χ1) is 70.4. The van der Waals surface area contributed by atoms with Gasteiger partial charge in [0.25, 0.3) is 0 Å². The zero-order valence-electron chi connectivity index (χ0n) is 87.8. The number of aromatic amines is 1. The number of hydrogen-bond acceptors (Lipinski definition) is 9. The van der Waals surface area contributed by atoms with Gasteiger partial charge < -0.3 is 14.6 Å². The van der Waals surface area contributed by atoms with E-state index in [0.29, 0.717) is 0 Å². The molecule has 12 nitrogen and oxygen atoms in total. The number of phenols is 1. The van der Waals surface area contributed by atoms with Crippen LogP contribution in [0.3, 0.4) is 0 Å². The number of H-pyrrole nitrogens is 1. The maximum absolute atomic E-state index is 11.9. The Morgan fingerprint density at radius 1 is 0.259 bits per heavy atom. The highest BCUT2D eigenvalue weighted by Crippen LogP contribution is 2.50. The van der Waals surface area contributed by atoms with Crippen LogP contribution in [-0.2, 0) is 32.5 Å². The molecule has 147 heavy (non-hydrogen) atoms. The van der Waals surface area contributed by atoms with Crippen LogP contribution >= 0.6 is 15.9 Å². The number of methoxy groups -OCH3 is 2. The van der Waals surface area contributed by atoms with E-state index in [4.69, 9.17) is 29.6 Å². The number of para-hydroxylation sites is 3. The minimum atomic E-state index is -0.251. The third kappa shape index (κ3) is 22.5. The van der Waals surface area contributed by atoms with Gasteiger partial charge in [-0.3, -0.25) is 20.1 Å². The molecule has 0 saturated carbocycles. The Kier molecular flexibility index (Phi) is 28.9. The molecule has 0 saturated heterocycles. The number of aromatic hydroxyl groups is 1. The molecule has 0 amide bonds. The third-order valence-corrected chi connectivity index (χ3v) is 27.6. The van der Waals surface area contributed by atoms with Gasteiger partial charge in [0.1, 0.15) is 34.3 Å². The van der Waals surface area contributed by atoms with Crippen LogP contribution in [0.1, 0.15) is 158 Å². The van der Waals surface area contributed by atoms with E-state index in [2.05, 4.69) is 488 Å². The predicted octanol–water partition coefficient (Wildman–Crippen LogP) is 35.8. The van der Waals surface area contributed by atoms with E-state index in [1.165, 1.54) is 44.5 Å². The normalized spacial score (nSPS) is 11.9. The molecule has 21 rings (SSSR count). The van der Waals surface area contributed by atoms with Crippen LogP contribution in [0.4, 0.5) is 0 Å². The van der Waals surface area contributed by atoms with Gasteiger partial charge in [-0.2, -0.15) is 15.3 Å². The molecule has 0 fully saturated rings. The summed E-state index contributed by atoms with van der Waals surface area (Å²) in [6.07, 6.45) is 5.65. The number of benzene rings is 15. The first-order valence-corrected chi connectivity index (χ1v) is 51.3. The zero-order valence-corrected chi connectivity index (χ0v) is 89.4. The van der Waals surface area contributed by atoms with E-state index in [0.717, 1.165) is 183 Å². The van der Waals surface area contributed by atoms with Crippen LogP contribution in [0.15, 0.2) is 405 Å². The van der Waals surface area contributed by atoms with E-state index in [-0.39, 0.29) is 38.2 Å². The Labute approximate surface area is 874 Å². The second-order valence-corrected chi connectivity index (χ2v) is 45.0. The fourth-order valence-electron chi connectivity index (χ4n) is 19.0. The molecule has 0 spiro atoms.